The van der Waals surface area contributed by atoms with Gasteiger partial charge in [-0.05, 0) is 37.3 Å². The molecule has 7 heteroatoms. The molecule has 0 spiro atoms. The Morgan fingerprint density at radius 2 is 1.91 bits per heavy atom. The second kappa shape index (κ2) is 7.05. The van der Waals surface area contributed by atoms with Gasteiger partial charge in [-0.1, -0.05) is 11.6 Å². The molecule has 0 aliphatic carbocycles. The van der Waals surface area contributed by atoms with Crippen molar-refractivity contribution < 1.29 is 23.5 Å². The van der Waals surface area contributed by atoms with Gasteiger partial charge in [-0.3, -0.25) is 9.59 Å². The van der Waals surface area contributed by atoms with Gasteiger partial charge < -0.3 is 10.0 Å². The molecule has 22 heavy (non-hydrogen) atoms. The molecule has 1 aliphatic heterocycles. The lowest BCUT2D eigenvalue weighted by atomic mass is 9.97. The minimum atomic E-state index is -1.12. The number of aliphatic carboxylic acids is 1. The minimum absolute atomic E-state index is 0.0238. The molecule has 1 N–H and O–H groups in total. The van der Waals surface area contributed by atoms with Crippen molar-refractivity contribution >= 4 is 23.5 Å². The van der Waals surface area contributed by atoms with Crippen LogP contribution in [0.5, 0.6) is 0 Å². The van der Waals surface area contributed by atoms with Crippen molar-refractivity contribution in [3.05, 3.63) is 34.4 Å². The molecule has 0 saturated carbocycles. The van der Waals surface area contributed by atoms with E-state index in [1.165, 1.54) is 4.90 Å². The average Bonchev–Trinajstić information content (AvgIpc) is 2.67. The Labute approximate surface area is 131 Å². The van der Waals surface area contributed by atoms with Gasteiger partial charge in [0.15, 0.2) is 11.6 Å². The lowest BCUT2D eigenvalue weighted by molar-refractivity contribution is -0.138. The van der Waals surface area contributed by atoms with Crippen LogP contribution < -0.4 is 0 Å². The maximum atomic E-state index is 13.3. The second-order valence-corrected chi connectivity index (χ2v) is 5.84. The monoisotopic (exact) mass is 331 g/mol. The van der Waals surface area contributed by atoms with Crippen LogP contribution in [0.15, 0.2) is 12.1 Å². The SMILES string of the molecule is O=C(O)CC1CCCN(C(=O)c2cc(F)c(F)cc2Cl)CC1. The standard InChI is InChI=1S/C15H16ClF2NO3/c16-11-8-13(18)12(17)7-10(11)15(22)19-4-1-2-9(3-5-19)6-14(20)21/h7-9H,1-6H2,(H,20,21). The van der Waals surface area contributed by atoms with Crippen molar-refractivity contribution in [1.82, 2.24) is 4.90 Å². The third-order valence-electron chi connectivity index (χ3n) is 3.84. The molecule has 1 aliphatic rings. The fourth-order valence-electron chi connectivity index (χ4n) is 2.68. The van der Waals surface area contributed by atoms with Crippen molar-refractivity contribution in [2.75, 3.05) is 13.1 Å². The molecule has 1 unspecified atom stereocenters. The van der Waals surface area contributed by atoms with Crippen molar-refractivity contribution in [2.24, 2.45) is 5.92 Å². The molecule has 0 aromatic heterocycles. The summed E-state index contributed by atoms with van der Waals surface area (Å²) in [6, 6.07) is 1.59. The molecule has 0 bridgehead atoms. The molecule has 4 nitrogen and oxygen atoms in total. The van der Waals surface area contributed by atoms with E-state index in [0.29, 0.717) is 25.9 Å². The van der Waals surface area contributed by atoms with Gasteiger partial charge >= 0.3 is 5.97 Å². The number of hydrogen-bond acceptors (Lipinski definition) is 2. The highest BCUT2D eigenvalue weighted by atomic mass is 35.5. The fraction of sp³-hybridized carbons (Fsp3) is 0.467. The molecule has 0 radical (unpaired) electrons. The van der Waals surface area contributed by atoms with Crippen LogP contribution in [0.1, 0.15) is 36.0 Å². The summed E-state index contributed by atoms with van der Waals surface area (Å²) in [4.78, 5) is 24.7. The van der Waals surface area contributed by atoms with Crippen LogP contribution in [-0.4, -0.2) is 35.0 Å². The third-order valence-corrected chi connectivity index (χ3v) is 4.15. The maximum absolute atomic E-state index is 13.3. The van der Waals surface area contributed by atoms with Gasteiger partial charge in [0.1, 0.15) is 0 Å². The summed E-state index contributed by atoms with van der Waals surface area (Å²) in [5.74, 6) is -3.51. The van der Waals surface area contributed by atoms with Crippen LogP contribution in [0, 0.1) is 17.6 Å². The number of carbonyl (C=O) groups is 2. The normalized spacial score (nSPS) is 18.9. The number of hydrogen-bond donors (Lipinski definition) is 1. The highest BCUT2D eigenvalue weighted by molar-refractivity contribution is 6.33. The Bertz CT molecular complexity index is 594. The lowest BCUT2D eigenvalue weighted by Gasteiger charge is -2.21. The number of carbonyl (C=O) groups excluding carboxylic acids is 1. The molecule has 1 heterocycles. The molecular weight excluding hydrogens is 316 g/mol. The highest BCUT2D eigenvalue weighted by Gasteiger charge is 2.25. The fourth-order valence-corrected chi connectivity index (χ4v) is 2.91. The number of nitrogens with zero attached hydrogens (tertiary/aromatic N) is 1. The number of rotatable bonds is 3. The van der Waals surface area contributed by atoms with Crippen molar-refractivity contribution in [3.63, 3.8) is 0 Å². The molecule has 2 rings (SSSR count). The largest absolute Gasteiger partial charge is 0.481 e. The van der Waals surface area contributed by atoms with Crippen LogP contribution in [0.2, 0.25) is 5.02 Å². The lowest BCUT2D eigenvalue weighted by Crippen LogP contribution is -2.32. The van der Waals surface area contributed by atoms with Gasteiger partial charge in [0.25, 0.3) is 5.91 Å². The summed E-state index contributed by atoms with van der Waals surface area (Å²) in [7, 11) is 0. The zero-order valence-corrected chi connectivity index (χ0v) is 12.6. The molecule has 1 amide bonds. The number of carboxylic acid groups (broad SMARTS) is 1. The number of benzene rings is 1. The molecular formula is C15H16ClF2NO3. The number of likely N-dealkylation sites (tertiary alicyclic amines) is 1. The molecule has 120 valence electrons. The number of halogens is 3. The summed E-state index contributed by atoms with van der Waals surface area (Å²) >= 11 is 5.82. The van der Waals surface area contributed by atoms with E-state index < -0.39 is 23.5 Å². The Kier molecular flexibility index (Phi) is 5.34. The Morgan fingerprint density at radius 1 is 1.23 bits per heavy atom. The topological polar surface area (TPSA) is 57.6 Å². The summed E-state index contributed by atoms with van der Waals surface area (Å²) in [5.41, 5.74) is -0.0720. The van der Waals surface area contributed by atoms with Crippen molar-refractivity contribution in [1.29, 1.82) is 0 Å². The van der Waals surface area contributed by atoms with Gasteiger partial charge in [-0.25, -0.2) is 8.78 Å². The quantitative estimate of drug-likeness (QED) is 0.864. The summed E-state index contributed by atoms with van der Waals surface area (Å²) in [6.07, 6.45) is 2.04. The predicted octanol–water partition coefficient (Wildman–Crippen LogP) is 3.34. The molecule has 1 fully saturated rings. The van der Waals surface area contributed by atoms with Crippen LogP contribution in [0.25, 0.3) is 0 Å². The van der Waals surface area contributed by atoms with E-state index in [0.717, 1.165) is 18.6 Å². The Hall–Kier alpha value is -1.69. The highest BCUT2D eigenvalue weighted by Crippen LogP contribution is 2.25. The van der Waals surface area contributed by atoms with E-state index >= 15 is 0 Å². The molecule has 1 aromatic carbocycles. The van der Waals surface area contributed by atoms with Crippen LogP contribution in [0.3, 0.4) is 0 Å². The average molecular weight is 332 g/mol. The minimum Gasteiger partial charge on any atom is -0.481 e. The summed E-state index contributed by atoms with van der Waals surface area (Å²) in [5, 5.41) is 8.70. The van der Waals surface area contributed by atoms with Gasteiger partial charge in [0, 0.05) is 19.5 Å². The number of amides is 1. The van der Waals surface area contributed by atoms with E-state index in [2.05, 4.69) is 0 Å². The third kappa shape index (κ3) is 3.94. The van der Waals surface area contributed by atoms with Crippen LogP contribution in [0.4, 0.5) is 8.78 Å². The second-order valence-electron chi connectivity index (χ2n) is 5.43. The Morgan fingerprint density at radius 3 is 2.59 bits per heavy atom. The molecule has 1 atom stereocenters. The van der Waals surface area contributed by atoms with E-state index in [1.807, 2.05) is 0 Å². The van der Waals surface area contributed by atoms with E-state index in [1.54, 1.807) is 0 Å². The first-order valence-electron chi connectivity index (χ1n) is 7.04. The van der Waals surface area contributed by atoms with Gasteiger partial charge in [0.05, 0.1) is 10.6 Å². The first-order valence-corrected chi connectivity index (χ1v) is 7.42. The van der Waals surface area contributed by atoms with Gasteiger partial charge in [-0.15, -0.1) is 0 Å². The van der Waals surface area contributed by atoms with Crippen molar-refractivity contribution in [2.45, 2.75) is 25.7 Å². The van der Waals surface area contributed by atoms with E-state index in [4.69, 9.17) is 16.7 Å². The van der Waals surface area contributed by atoms with Gasteiger partial charge in [0.2, 0.25) is 0 Å². The first kappa shape index (κ1) is 16.7. The first-order chi connectivity index (χ1) is 10.4. The van der Waals surface area contributed by atoms with Gasteiger partial charge in [-0.2, -0.15) is 0 Å². The zero-order chi connectivity index (χ0) is 16.3. The predicted molar refractivity (Wildman–Crippen MR) is 76.9 cm³/mol. The van der Waals surface area contributed by atoms with E-state index in [-0.39, 0.29) is 22.9 Å². The number of carboxylic acids is 1. The zero-order valence-electron chi connectivity index (χ0n) is 11.8. The van der Waals surface area contributed by atoms with Crippen molar-refractivity contribution in [3.8, 4) is 0 Å². The van der Waals surface area contributed by atoms with Crippen LogP contribution >= 0.6 is 11.6 Å². The Balaban J connectivity index is 2.10. The summed E-state index contributed by atoms with van der Waals surface area (Å²) in [6.45, 7) is 0.830. The van der Waals surface area contributed by atoms with Crippen LogP contribution in [-0.2, 0) is 4.79 Å². The maximum Gasteiger partial charge on any atom is 0.303 e. The molecule has 1 saturated heterocycles. The summed E-state index contributed by atoms with van der Waals surface area (Å²) < 4.78 is 26.4. The molecule has 1 aromatic rings. The smallest absolute Gasteiger partial charge is 0.303 e. The van der Waals surface area contributed by atoms with E-state index in [9.17, 15) is 18.4 Å².